The summed E-state index contributed by atoms with van der Waals surface area (Å²) in [7, 11) is 0. The molecular formula is C14H16N4O. The van der Waals surface area contributed by atoms with Crippen molar-refractivity contribution >= 4 is 0 Å². The van der Waals surface area contributed by atoms with Crippen molar-refractivity contribution in [2.24, 2.45) is 5.92 Å². The van der Waals surface area contributed by atoms with Crippen LogP contribution >= 0.6 is 0 Å². The zero-order valence-electron chi connectivity index (χ0n) is 11.1. The average molecular weight is 256 g/mol. The number of nitrogens with zero attached hydrogens (tertiary/aromatic N) is 3. The van der Waals surface area contributed by atoms with Gasteiger partial charge in [0.15, 0.2) is 5.82 Å². The maximum absolute atomic E-state index is 9.17. The fourth-order valence-corrected chi connectivity index (χ4v) is 1.64. The fourth-order valence-electron chi connectivity index (χ4n) is 1.64. The molecule has 1 N–H and O–H groups in total. The van der Waals surface area contributed by atoms with Crippen LogP contribution in [0.3, 0.4) is 0 Å². The SMILES string of the molecule is CC(C)CCOc1ccc(-c2ncn[nH]2)cc1C#N. The number of ether oxygens (including phenoxy) is 1. The summed E-state index contributed by atoms with van der Waals surface area (Å²) in [6, 6.07) is 7.57. The Hall–Kier alpha value is -2.35. The Bertz CT molecular complexity index is 570. The number of hydrogen-bond donors (Lipinski definition) is 1. The fraction of sp³-hybridized carbons (Fsp3) is 0.357. The molecular weight excluding hydrogens is 240 g/mol. The van der Waals surface area contributed by atoms with Crippen LogP contribution in [0.25, 0.3) is 11.4 Å². The van der Waals surface area contributed by atoms with Gasteiger partial charge in [-0.25, -0.2) is 4.98 Å². The first kappa shape index (κ1) is 13.1. The van der Waals surface area contributed by atoms with Gasteiger partial charge in [0.1, 0.15) is 18.1 Å². The van der Waals surface area contributed by atoms with E-state index in [0.717, 1.165) is 12.0 Å². The van der Waals surface area contributed by atoms with Crippen molar-refractivity contribution in [2.75, 3.05) is 6.61 Å². The van der Waals surface area contributed by atoms with Crippen LogP contribution in [-0.2, 0) is 0 Å². The molecule has 0 spiro atoms. The normalized spacial score (nSPS) is 10.4. The monoisotopic (exact) mass is 256 g/mol. The van der Waals surface area contributed by atoms with Crippen LogP contribution in [0.4, 0.5) is 0 Å². The summed E-state index contributed by atoms with van der Waals surface area (Å²) in [6.45, 7) is 4.90. The van der Waals surface area contributed by atoms with Gasteiger partial charge in [0.2, 0.25) is 0 Å². The molecule has 2 rings (SSSR count). The Balaban J connectivity index is 2.16. The minimum Gasteiger partial charge on any atom is -0.492 e. The third kappa shape index (κ3) is 3.32. The van der Waals surface area contributed by atoms with Crippen molar-refractivity contribution in [1.82, 2.24) is 15.2 Å². The van der Waals surface area contributed by atoms with Crippen molar-refractivity contribution in [1.29, 1.82) is 5.26 Å². The van der Waals surface area contributed by atoms with Gasteiger partial charge in [-0.1, -0.05) is 13.8 Å². The van der Waals surface area contributed by atoms with Gasteiger partial charge in [-0.15, -0.1) is 0 Å². The number of aromatic amines is 1. The van der Waals surface area contributed by atoms with E-state index >= 15 is 0 Å². The number of rotatable bonds is 5. The number of nitriles is 1. The third-order valence-electron chi connectivity index (χ3n) is 2.74. The summed E-state index contributed by atoms with van der Waals surface area (Å²) >= 11 is 0. The molecule has 5 nitrogen and oxygen atoms in total. The van der Waals surface area contributed by atoms with Gasteiger partial charge in [-0.2, -0.15) is 10.4 Å². The van der Waals surface area contributed by atoms with Crippen LogP contribution in [0.5, 0.6) is 5.75 Å². The molecule has 1 aromatic carbocycles. The number of nitrogens with one attached hydrogen (secondary N) is 1. The molecule has 19 heavy (non-hydrogen) atoms. The van der Waals surface area contributed by atoms with E-state index in [0.29, 0.717) is 29.7 Å². The van der Waals surface area contributed by atoms with Crippen molar-refractivity contribution in [3.05, 3.63) is 30.1 Å². The molecule has 0 fully saturated rings. The minimum absolute atomic E-state index is 0.512. The topological polar surface area (TPSA) is 74.6 Å². The lowest BCUT2D eigenvalue weighted by Gasteiger charge is -2.10. The van der Waals surface area contributed by atoms with E-state index in [1.807, 2.05) is 6.07 Å². The summed E-state index contributed by atoms with van der Waals surface area (Å²) < 4.78 is 5.64. The summed E-state index contributed by atoms with van der Waals surface area (Å²) in [6.07, 6.45) is 2.41. The Kier molecular flexibility index (Phi) is 4.14. The zero-order chi connectivity index (χ0) is 13.7. The zero-order valence-corrected chi connectivity index (χ0v) is 11.1. The molecule has 0 aliphatic heterocycles. The highest BCUT2D eigenvalue weighted by Gasteiger charge is 2.08. The summed E-state index contributed by atoms with van der Waals surface area (Å²) in [5.74, 6) is 1.84. The van der Waals surface area contributed by atoms with Crippen molar-refractivity contribution < 1.29 is 4.74 Å². The number of hydrogen-bond acceptors (Lipinski definition) is 4. The first-order valence-electron chi connectivity index (χ1n) is 6.23. The lowest BCUT2D eigenvalue weighted by molar-refractivity contribution is 0.289. The molecule has 0 saturated heterocycles. The van der Waals surface area contributed by atoms with E-state index in [1.54, 1.807) is 12.1 Å². The highest BCUT2D eigenvalue weighted by Crippen LogP contribution is 2.24. The first-order chi connectivity index (χ1) is 9.20. The smallest absolute Gasteiger partial charge is 0.155 e. The number of benzene rings is 1. The van der Waals surface area contributed by atoms with Crippen LogP contribution in [0.2, 0.25) is 0 Å². The van der Waals surface area contributed by atoms with E-state index in [1.165, 1.54) is 6.33 Å². The average Bonchev–Trinajstić information content (AvgIpc) is 2.92. The quantitative estimate of drug-likeness (QED) is 0.892. The van der Waals surface area contributed by atoms with Gasteiger partial charge < -0.3 is 4.74 Å². The van der Waals surface area contributed by atoms with Crippen LogP contribution < -0.4 is 4.74 Å². The molecule has 5 heteroatoms. The van der Waals surface area contributed by atoms with Gasteiger partial charge in [0.05, 0.1) is 12.2 Å². The molecule has 2 aromatic rings. The minimum atomic E-state index is 0.512. The van der Waals surface area contributed by atoms with Crippen molar-refractivity contribution in [3.63, 3.8) is 0 Å². The van der Waals surface area contributed by atoms with Crippen LogP contribution in [-0.4, -0.2) is 21.8 Å². The van der Waals surface area contributed by atoms with E-state index in [-0.39, 0.29) is 0 Å². The number of aromatic nitrogens is 3. The molecule has 0 aliphatic rings. The molecule has 1 aromatic heterocycles. The van der Waals surface area contributed by atoms with Crippen LogP contribution in [0.1, 0.15) is 25.8 Å². The molecule has 0 bridgehead atoms. The van der Waals surface area contributed by atoms with Crippen molar-refractivity contribution in [2.45, 2.75) is 20.3 Å². The molecule has 0 atom stereocenters. The second-order valence-corrected chi connectivity index (χ2v) is 4.69. The highest BCUT2D eigenvalue weighted by molar-refractivity contribution is 5.60. The summed E-state index contributed by atoms with van der Waals surface area (Å²) in [5, 5.41) is 15.7. The molecule has 98 valence electrons. The largest absolute Gasteiger partial charge is 0.492 e. The van der Waals surface area contributed by atoms with E-state index < -0.39 is 0 Å². The van der Waals surface area contributed by atoms with Crippen molar-refractivity contribution in [3.8, 4) is 23.2 Å². The van der Waals surface area contributed by atoms with E-state index in [4.69, 9.17) is 4.74 Å². The Labute approximate surface area is 112 Å². The Morgan fingerprint density at radius 1 is 1.42 bits per heavy atom. The predicted molar refractivity (Wildman–Crippen MR) is 71.5 cm³/mol. The molecule has 1 heterocycles. The van der Waals surface area contributed by atoms with Gasteiger partial charge in [0, 0.05) is 5.56 Å². The van der Waals surface area contributed by atoms with Gasteiger partial charge >= 0.3 is 0 Å². The molecule has 0 saturated carbocycles. The van der Waals surface area contributed by atoms with Gasteiger partial charge in [-0.05, 0) is 30.5 Å². The Morgan fingerprint density at radius 2 is 2.26 bits per heavy atom. The molecule has 0 aliphatic carbocycles. The molecule has 0 radical (unpaired) electrons. The standard InChI is InChI=1S/C14H16N4O/c1-10(2)5-6-19-13-4-3-11(7-12(13)8-15)14-16-9-17-18-14/h3-4,7,9-10H,5-6H2,1-2H3,(H,16,17,18). The predicted octanol–water partition coefficient (Wildman–Crippen LogP) is 2.77. The lowest BCUT2D eigenvalue weighted by Crippen LogP contribution is -2.02. The van der Waals surface area contributed by atoms with Crippen LogP contribution in [0.15, 0.2) is 24.5 Å². The maximum atomic E-state index is 9.17. The second kappa shape index (κ2) is 6.01. The highest BCUT2D eigenvalue weighted by atomic mass is 16.5. The van der Waals surface area contributed by atoms with E-state index in [9.17, 15) is 5.26 Å². The second-order valence-electron chi connectivity index (χ2n) is 4.69. The first-order valence-corrected chi connectivity index (χ1v) is 6.23. The third-order valence-corrected chi connectivity index (χ3v) is 2.74. The van der Waals surface area contributed by atoms with Gasteiger partial charge in [0.25, 0.3) is 0 Å². The van der Waals surface area contributed by atoms with E-state index in [2.05, 4.69) is 35.1 Å². The lowest BCUT2D eigenvalue weighted by atomic mass is 10.1. The maximum Gasteiger partial charge on any atom is 0.155 e. The molecule has 0 amide bonds. The number of H-pyrrole nitrogens is 1. The Morgan fingerprint density at radius 3 is 2.89 bits per heavy atom. The van der Waals surface area contributed by atoms with Gasteiger partial charge in [-0.3, -0.25) is 5.10 Å². The summed E-state index contributed by atoms with van der Waals surface area (Å²) in [5.41, 5.74) is 1.34. The van der Waals surface area contributed by atoms with Crippen LogP contribution in [0, 0.1) is 17.2 Å². The molecule has 0 unspecified atom stereocenters. The summed E-state index contributed by atoms with van der Waals surface area (Å²) in [4.78, 5) is 4.06.